The normalized spacial score (nSPS) is 18.7. The van der Waals surface area contributed by atoms with Gasteiger partial charge in [-0.1, -0.05) is 67.1 Å². The number of aromatic nitrogens is 1. The van der Waals surface area contributed by atoms with Crippen LogP contribution in [0.4, 0.5) is 0 Å². The molecule has 202 valence electrons. The van der Waals surface area contributed by atoms with Crippen LogP contribution in [0.15, 0.2) is 72.9 Å². The highest BCUT2D eigenvalue weighted by Crippen LogP contribution is 2.24. The van der Waals surface area contributed by atoms with Crippen molar-refractivity contribution in [2.45, 2.75) is 77.4 Å². The van der Waals surface area contributed by atoms with E-state index in [1.54, 1.807) is 0 Å². The molecule has 3 atom stereocenters. The van der Waals surface area contributed by atoms with Gasteiger partial charge in [0, 0.05) is 42.2 Å². The first-order valence-corrected chi connectivity index (χ1v) is 14.3. The largest absolute Gasteiger partial charge is 0.345 e. The average molecular weight is 522 g/mol. The summed E-state index contributed by atoms with van der Waals surface area (Å²) < 4.78 is 0. The van der Waals surface area contributed by atoms with E-state index in [9.17, 15) is 9.59 Å². The lowest BCUT2D eigenvalue weighted by molar-refractivity contribution is -0.129. The molecule has 5 rings (SSSR count). The van der Waals surface area contributed by atoms with Crippen molar-refractivity contribution in [1.82, 2.24) is 15.2 Å². The number of hydrogen-bond acceptors (Lipinski definition) is 4. The fourth-order valence-electron chi connectivity index (χ4n) is 6.10. The Morgan fingerprint density at radius 3 is 2.54 bits per heavy atom. The molecule has 2 unspecified atom stereocenters. The van der Waals surface area contributed by atoms with Crippen LogP contribution in [0.1, 0.15) is 56.4 Å². The number of Topliss-reactive ketones (excluding diaryl/α,β-unsaturated/α-hetero) is 1. The van der Waals surface area contributed by atoms with Crippen LogP contribution in [0.3, 0.4) is 0 Å². The molecule has 0 spiro atoms. The van der Waals surface area contributed by atoms with Crippen molar-refractivity contribution in [2.75, 3.05) is 6.54 Å². The Hall–Kier alpha value is -3.57. The number of aryl methyl sites for hydroxylation is 2. The molecule has 5 heteroatoms. The summed E-state index contributed by atoms with van der Waals surface area (Å²) in [5.41, 5.74) is 3.21. The maximum atomic E-state index is 13.7. The predicted octanol–water partition coefficient (Wildman–Crippen LogP) is 6.19. The van der Waals surface area contributed by atoms with E-state index in [2.05, 4.69) is 71.5 Å². The van der Waals surface area contributed by atoms with Crippen molar-refractivity contribution in [3.8, 4) is 0 Å². The second-order valence-corrected chi connectivity index (χ2v) is 11.2. The van der Waals surface area contributed by atoms with Gasteiger partial charge in [-0.05, 0) is 73.4 Å². The van der Waals surface area contributed by atoms with Crippen LogP contribution in [0.25, 0.3) is 21.5 Å². The topological polar surface area (TPSA) is 62.3 Å². The van der Waals surface area contributed by atoms with E-state index < -0.39 is 6.04 Å². The van der Waals surface area contributed by atoms with Gasteiger partial charge in [-0.15, -0.1) is 0 Å². The number of amides is 1. The van der Waals surface area contributed by atoms with E-state index in [-0.39, 0.29) is 11.7 Å². The van der Waals surface area contributed by atoms with Gasteiger partial charge in [-0.25, -0.2) is 0 Å². The fourth-order valence-corrected chi connectivity index (χ4v) is 6.10. The number of likely N-dealkylation sites (tertiary alicyclic amines) is 1. The van der Waals surface area contributed by atoms with Crippen molar-refractivity contribution in [2.24, 2.45) is 0 Å². The molecule has 1 aliphatic heterocycles. The first-order chi connectivity index (χ1) is 18.9. The van der Waals surface area contributed by atoms with Gasteiger partial charge in [-0.2, -0.15) is 0 Å². The molecule has 2 heterocycles. The number of hydrogen-bond donors (Lipinski definition) is 1. The zero-order valence-corrected chi connectivity index (χ0v) is 23.3. The number of nitrogens with zero attached hydrogens (tertiary/aromatic N) is 2. The third-order valence-electron chi connectivity index (χ3n) is 8.42. The first-order valence-electron chi connectivity index (χ1n) is 14.3. The molecular weight excluding hydrogens is 482 g/mol. The minimum atomic E-state index is -0.564. The third kappa shape index (κ3) is 6.36. The van der Waals surface area contributed by atoms with Gasteiger partial charge in [0.15, 0.2) is 5.78 Å². The Balaban J connectivity index is 1.34. The summed E-state index contributed by atoms with van der Waals surface area (Å²) in [5, 5.41) is 7.70. The van der Waals surface area contributed by atoms with Crippen LogP contribution in [0.2, 0.25) is 0 Å². The number of rotatable bonds is 9. The number of ketones is 1. The maximum Gasteiger partial charge on any atom is 0.234 e. The molecule has 1 N–H and O–H groups in total. The number of pyridine rings is 1. The molecule has 0 bridgehead atoms. The van der Waals surface area contributed by atoms with Crippen molar-refractivity contribution >= 4 is 33.2 Å². The molecule has 0 saturated carbocycles. The Kier molecular flexibility index (Phi) is 8.37. The Labute approximate surface area is 231 Å². The zero-order chi connectivity index (χ0) is 27.4. The number of fused-ring (bicyclic) bond motifs is 2. The highest BCUT2D eigenvalue weighted by Gasteiger charge is 2.28. The van der Waals surface area contributed by atoms with Gasteiger partial charge in [0.25, 0.3) is 0 Å². The summed E-state index contributed by atoms with van der Waals surface area (Å²) in [4.78, 5) is 33.7. The summed E-state index contributed by atoms with van der Waals surface area (Å²) in [5.74, 6) is 0.00454. The summed E-state index contributed by atoms with van der Waals surface area (Å²) >= 11 is 0. The summed E-state index contributed by atoms with van der Waals surface area (Å²) in [7, 11) is 0. The summed E-state index contributed by atoms with van der Waals surface area (Å²) in [6.45, 7) is 6.74. The van der Waals surface area contributed by atoms with Crippen molar-refractivity contribution in [1.29, 1.82) is 0 Å². The monoisotopic (exact) mass is 521 g/mol. The number of carbonyl (C=O) groups is 2. The molecule has 1 aliphatic rings. The molecule has 5 nitrogen and oxygen atoms in total. The smallest absolute Gasteiger partial charge is 0.234 e. The Morgan fingerprint density at radius 1 is 0.949 bits per heavy atom. The van der Waals surface area contributed by atoms with E-state index >= 15 is 0 Å². The van der Waals surface area contributed by atoms with Crippen LogP contribution in [0, 0.1) is 6.92 Å². The minimum absolute atomic E-state index is 0.0668. The maximum absolute atomic E-state index is 13.7. The number of benzene rings is 3. The zero-order valence-electron chi connectivity index (χ0n) is 23.3. The molecule has 0 radical (unpaired) electrons. The van der Waals surface area contributed by atoms with Gasteiger partial charge in [0.05, 0.1) is 12.6 Å². The minimum Gasteiger partial charge on any atom is -0.345 e. The lowest BCUT2D eigenvalue weighted by Gasteiger charge is -2.38. The van der Waals surface area contributed by atoms with Crippen molar-refractivity contribution in [3.05, 3.63) is 89.7 Å². The van der Waals surface area contributed by atoms with E-state index in [0.29, 0.717) is 37.9 Å². The third-order valence-corrected chi connectivity index (χ3v) is 8.42. The quantitative estimate of drug-likeness (QED) is 0.285. The number of piperidine rings is 1. The van der Waals surface area contributed by atoms with Gasteiger partial charge >= 0.3 is 0 Å². The molecular formula is C34H39N3O2. The van der Waals surface area contributed by atoms with Crippen LogP contribution in [-0.2, 0) is 22.4 Å². The molecule has 0 aliphatic carbocycles. The second kappa shape index (κ2) is 12.1. The molecule has 3 aromatic carbocycles. The van der Waals surface area contributed by atoms with Crippen LogP contribution < -0.4 is 5.32 Å². The Bertz CT molecular complexity index is 1460. The number of nitrogens with one attached hydrogen (secondary N) is 1. The standard InChI is InChI=1S/C34H39N3O2/c1-23-8-6-9-24(2)37(23)22-34(39)36-32(21-28-12-7-11-27-10-4-5-13-31(27)28)33(38)17-15-26-14-16-30-25(3)35-19-18-29(30)20-26/h4-5,7,10-14,16,18-20,23-24,32H,6,8-9,15,17,21-22H2,1-3H3,(H,36,39)/t23?,24?,32-/m0/s1. The summed E-state index contributed by atoms with van der Waals surface area (Å²) in [6, 6.07) is 22.9. The van der Waals surface area contributed by atoms with Crippen LogP contribution in [-0.4, -0.2) is 46.2 Å². The van der Waals surface area contributed by atoms with Crippen LogP contribution >= 0.6 is 0 Å². The van der Waals surface area contributed by atoms with Gasteiger partial charge < -0.3 is 5.32 Å². The lowest BCUT2D eigenvalue weighted by atomic mass is 9.94. The van der Waals surface area contributed by atoms with E-state index in [1.165, 1.54) is 6.42 Å². The SMILES string of the molecule is Cc1nccc2cc(CCC(=O)[C@H](Cc3cccc4ccccc34)NC(=O)CN3C(C)CCCC3C)ccc12. The van der Waals surface area contributed by atoms with Gasteiger partial charge in [-0.3, -0.25) is 19.5 Å². The molecule has 1 saturated heterocycles. The lowest BCUT2D eigenvalue weighted by Crippen LogP contribution is -2.51. The van der Waals surface area contributed by atoms with Gasteiger partial charge in [0.1, 0.15) is 0 Å². The fraction of sp³-hybridized carbons (Fsp3) is 0.382. The van der Waals surface area contributed by atoms with Gasteiger partial charge in [0.2, 0.25) is 5.91 Å². The summed E-state index contributed by atoms with van der Waals surface area (Å²) in [6.07, 6.45) is 6.74. The predicted molar refractivity (Wildman–Crippen MR) is 159 cm³/mol. The van der Waals surface area contributed by atoms with Crippen molar-refractivity contribution < 1.29 is 9.59 Å². The second-order valence-electron chi connectivity index (χ2n) is 11.2. The van der Waals surface area contributed by atoms with Crippen LogP contribution in [0.5, 0.6) is 0 Å². The molecule has 39 heavy (non-hydrogen) atoms. The van der Waals surface area contributed by atoms with E-state index in [0.717, 1.165) is 51.2 Å². The molecule has 1 aromatic heterocycles. The Morgan fingerprint density at radius 2 is 1.72 bits per heavy atom. The highest BCUT2D eigenvalue weighted by atomic mass is 16.2. The molecule has 4 aromatic rings. The number of carbonyl (C=O) groups excluding carboxylic acids is 2. The molecule has 1 amide bonds. The first kappa shape index (κ1) is 27.0. The van der Waals surface area contributed by atoms with E-state index in [4.69, 9.17) is 0 Å². The average Bonchev–Trinajstić information content (AvgIpc) is 2.93. The van der Waals surface area contributed by atoms with E-state index in [1.807, 2.05) is 37.4 Å². The van der Waals surface area contributed by atoms with Crippen molar-refractivity contribution in [3.63, 3.8) is 0 Å². The highest BCUT2D eigenvalue weighted by molar-refractivity contribution is 5.92. The molecule has 1 fully saturated rings.